The maximum atomic E-state index is 11.4. The number of carboxylic acid groups (broad SMARTS) is 1. The summed E-state index contributed by atoms with van der Waals surface area (Å²) in [5, 5.41) is 9.30. The Morgan fingerprint density at radius 1 is 1.31 bits per heavy atom. The molecule has 0 spiro atoms. The summed E-state index contributed by atoms with van der Waals surface area (Å²) in [6, 6.07) is 0. The molecule has 1 fully saturated rings. The fraction of sp³-hybridized carbons (Fsp3) is 0.636. The molecule has 0 heterocycles. The highest BCUT2D eigenvalue weighted by Gasteiger charge is 2.63. The van der Waals surface area contributed by atoms with Gasteiger partial charge in [-0.25, -0.2) is 0 Å². The van der Waals surface area contributed by atoms with E-state index in [4.69, 9.17) is 16.7 Å². The molecule has 0 aliphatic heterocycles. The van der Waals surface area contributed by atoms with Crippen LogP contribution in [0.25, 0.3) is 0 Å². The van der Waals surface area contributed by atoms with Gasteiger partial charge in [-0.3, -0.25) is 9.59 Å². The van der Waals surface area contributed by atoms with Gasteiger partial charge in [-0.2, -0.15) is 0 Å². The van der Waals surface area contributed by atoms with E-state index in [-0.39, 0.29) is 17.2 Å². The fourth-order valence-corrected chi connectivity index (χ4v) is 2.45. The summed E-state index contributed by atoms with van der Waals surface area (Å²) in [7, 11) is 3.24. The normalized spacial score (nSPS) is 27.4. The molecule has 2 unspecified atom stereocenters. The molecule has 0 aromatic heterocycles. The number of allylic oxidation sites excluding steroid dienone is 1. The zero-order valence-electron chi connectivity index (χ0n) is 9.82. The molecule has 1 aliphatic rings. The Morgan fingerprint density at radius 3 is 2.12 bits per heavy atom. The van der Waals surface area contributed by atoms with Gasteiger partial charge in [0.2, 0.25) is 5.91 Å². The SMILES string of the molecule is CN(C)C(=O)/C=C(\Cl)C1C(C(=O)O)C1(C)C. The van der Waals surface area contributed by atoms with E-state index in [1.54, 1.807) is 14.1 Å². The lowest BCUT2D eigenvalue weighted by molar-refractivity contribution is -0.139. The summed E-state index contributed by atoms with van der Waals surface area (Å²) < 4.78 is 0. The average Bonchev–Trinajstić information content (AvgIpc) is 2.68. The minimum absolute atomic E-state index is 0.225. The second-order valence-corrected chi connectivity index (χ2v) is 5.31. The van der Waals surface area contributed by atoms with Gasteiger partial charge in [-0.15, -0.1) is 0 Å². The predicted molar refractivity (Wildman–Crippen MR) is 61.0 cm³/mol. The summed E-state index contributed by atoms with van der Waals surface area (Å²) in [6.45, 7) is 3.68. The number of carboxylic acids is 1. The molecule has 2 atom stereocenters. The van der Waals surface area contributed by atoms with E-state index in [2.05, 4.69) is 0 Å². The van der Waals surface area contributed by atoms with E-state index >= 15 is 0 Å². The molecule has 0 radical (unpaired) electrons. The first kappa shape index (κ1) is 13.0. The average molecular weight is 246 g/mol. The Bertz CT molecular complexity index is 360. The van der Waals surface area contributed by atoms with Crippen LogP contribution in [0.1, 0.15) is 13.8 Å². The predicted octanol–water partition coefficient (Wildman–Crippen LogP) is 1.55. The van der Waals surface area contributed by atoms with Crippen LogP contribution < -0.4 is 0 Å². The summed E-state index contributed by atoms with van der Waals surface area (Å²) in [4.78, 5) is 23.7. The number of halogens is 1. The molecular formula is C11H16ClNO3. The van der Waals surface area contributed by atoms with Crippen molar-refractivity contribution in [1.29, 1.82) is 0 Å². The van der Waals surface area contributed by atoms with Crippen LogP contribution in [0.3, 0.4) is 0 Å². The van der Waals surface area contributed by atoms with Gasteiger partial charge in [0, 0.05) is 31.1 Å². The van der Waals surface area contributed by atoms with Gasteiger partial charge in [0.1, 0.15) is 0 Å². The first-order valence-corrected chi connectivity index (χ1v) is 5.38. The second kappa shape index (κ2) is 4.09. The molecule has 1 N–H and O–H groups in total. The number of nitrogens with zero attached hydrogens (tertiary/aromatic N) is 1. The van der Waals surface area contributed by atoms with Crippen molar-refractivity contribution in [3.8, 4) is 0 Å². The highest BCUT2D eigenvalue weighted by Crippen LogP contribution is 2.62. The smallest absolute Gasteiger partial charge is 0.307 e. The van der Waals surface area contributed by atoms with Crippen molar-refractivity contribution in [3.05, 3.63) is 11.1 Å². The molecule has 5 heteroatoms. The highest BCUT2D eigenvalue weighted by molar-refractivity contribution is 6.31. The lowest BCUT2D eigenvalue weighted by Gasteiger charge is -2.07. The van der Waals surface area contributed by atoms with Crippen LogP contribution in [0, 0.1) is 17.3 Å². The van der Waals surface area contributed by atoms with Crippen molar-refractivity contribution < 1.29 is 14.7 Å². The van der Waals surface area contributed by atoms with Crippen LogP contribution in [0.5, 0.6) is 0 Å². The van der Waals surface area contributed by atoms with E-state index in [1.807, 2.05) is 13.8 Å². The molecular weight excluding hydrogens is 230 g/mol. The van der Waals surface area contributed by atoms with Gasteiger partial charge in [-0.1, -0.05) is 25.4 Å². The molecule has 1 amide bonds. The molecule has 0 aromatic carbocycles. The summed E-state index contributed by atoms with van der Waals surface area (Å²) >= 11 is 5.99. The lowest BCUT2D eigenvalue weighted by Crippen LogP contribution is -2.19. The van der Waals surface area contributed by atoms with Crippen LogP contribution in [-0.4, -0.2) is 36.0 Å². The third kappa shape index (κ3) is 2.21. The van der Waals surface area contributed by atoms with E-state index < -0.39 is 11.9 Å². The van der Waals surface area contributed by atoms with Crippen LogP contribution in [0.2, 0.25) is 0 Å². The molecule has 1 saturated carbocycles. The third-order valence-corrected chi connectivity index (χ3v) is 3.44. The number of carbonyl (C=O) groups excluding carboxylic acids is 1. The zero-order valence-corrected chi connectivity index (χ0v) is 10.6. The number of aliphatic carboxylic acids is 1. The maximum Gasteiger partial charge on any atom is 0.307 e. The van der Waals surface area contributed by atoms with Crippen LogP contribution in [0.4, 0.5) is 0 Å². The Morgan fingerprint density at radius 2 is 1.81 bits per heavy atom. The monoisotopic (exact) mass is 245 g/mol. The maximum absolute atomic E-state index is 11.4. The Labute approximate surface area is 99.9 Å². The highest BCUT2D eigenvalue weighted by atomic mass is 35.5. The number of carbonyl (C=O) groups is 2. The Kier molecular flexibility index (Phi) is 3.33. The molecule has 1 rings (SSSR count). The standard InChI is InChI=1S/C11H16ClNO3/c1-11(2)8(9(11)10(15)16)6(12)5-7(14)13(3)4/h5,8-9H,1-4H3,(H,15,16)/b6-5-. The molecule has 90 valence electrons. The molecule has 1 aliphatic carbocycles. The molecule has 0 saturated heterocycles. The first-order valence-electron chi connectivity index (χ1n) is 5.00. The van der Waals surface area contributed by atoms with Crippen LogP contribution in [0.15, 0.2) is 11.1 Å². The number of likely N-dealkylation sites (N-methyl/N-ethyl adjacent to an activating group) is 1. The summed E-state index contributed by atoms with van der Waals surface area (Å²) in [5.41, 5.74) is -0.369. The third-order valence-electron chi connectivity index (χ3n) is 3.09. The number of rotatable bonds is 3. The van der Waals surface area contributed by atoms with E-state index in [1.165, 1.54) is 11.0 Å². The van der Waals surface area contributed by atoms with Crippen molar-refractivity contribution in [3.63, 3.8) is 0 Å². The molecule has 4 nitrogen and oxygen atoms in total. The number of hydrogen-bond donors (Lipinski definition) is 1. The Hall–Kier alpha value is -1.03. The molecule has 0 bridgehead atoms. The molecule has 0 aromatic rings. The number of hydrogen-bond acceptors (Lipinski definition) is 2. The van der Waals surface area contributed by atoms with Crippen LogP contribution in [-0.2, 0) is 9.59 Å². The molecule has 16 heavy (non-hydrogen) atoms. The van der Waals surface area contributed by atoms with E-state index in [9.17, 15) is 9.59 Å². The van der Waals surface area contributed by atoms with Gasteiger partial charge in [0.15, 0.2) is 0 Å². The topological polar surface area (TPSA) is 57.6 Å². The van der Waals surface area contributed by atoms with Crippen LogP contribution >= 0.6 is 11.6 Å². The fourth-order valence-electron chi connectivity index (χ4n) is 1.95. The summed E-state index contributed by atoms with van der Waals surface area (Å²) in [5.74, 6) is -1.84. The van der Waals surface area contributed by atoms with Gasteiger partial charge in [0.25, 0.3) is 0 Å². The number of amides is 1. The van der Waals surface area contributed by atoms with Gasteiger partial charge < -0.3 is 10.0 Å². The van der Waals surface area contributed by atoms with Crippen molar-refractivity contribution >= 4 is 23.5 Å². The van der Waals surface area contributed by atoms with Gasteiger partial charge in [-0.05, 0) is 5.41 Å². The van der Waals surface area contributed by atoms with Crippen molar-refractivity contribution in [2.45, 2.75) is 13.8 Å². The minimum Gasteiger partial charge on any atom is -0.481 e. The van der Waals surface area contributed by atoms with Gasteiger partial charge >= 0.3 is 5.97 Å². The summed E-state index contributed by atoms with van der Waals surface area (Å²) in [6.07, 6.45) is 1.30. The quantitative estimate of drug-likeness (QED) is 0.768. The lowest BCUT2D eigenvalue weighted by atomic mass is 10.1. The van der Waals surface area contributed by atoms with Gasteiger partial charge in [0.05, 0.1) is 5.92 Å². The zero-order chi connectivity index (χ0) is 12.7. The largest absolute Gasteiger partial charge is 0.481 e. The van der Waals surface area contributed by atoms with E-state index in [0.717, 1.165) is 0 Å². The van der Waals surface area contributed by atoms with Crippen molar-refractivity contribution in [2.24, 2.45) is 17.3 Å². The Balaban J connectivity index is 2.82. The minimum atomic E-state index is -0.862. The van der Waals surface area contributed by atoms with Crippen molar-refractivity contribution in [2.75, 3.05) is 14.1 Å². The van der Waals surface area contributed by atoms with Crippen molar-refractivity contribution in [1.82, 2.24) is 4.90 Å². The second-order valence-electron chi connectivity index (χ2n) is 4.88. The first-order chi connectivity index (χ1) is 7.19. The van der Waals surface area contributed by atoms with E-state index in [0.29, 0.717) is 5.03 Å².